The Balaban J connectivity index is 2.21. The second-order valence-corrected chi connectivity index (χ2v) is 9.93. The van der Waals surface area contributed by atoms with Crippen molar-refractivity contribution in [3.8, 4) is 0 Å². The maximum atomic E-state index is 12.5. The molecule has 0 bridgehead atoms. The van der Waals surface area contributed by atoms with Crippen LogP contribution in [-0.4, -0.2) is 40.8 Å². The summed E-state index contributed by atoms with van der Waals surface area (Å²) in [6.07, 6.45) is 1.95. The molecular weight excluding hydrogens is 408 g/mol. The number of nitrogens with one attached hydrogen (secondary N) is 2. The van der Waals surface area contributed by atoms with Crippen LogP contribution in [0, 0.1) is 0 Å². The van der Waals surface area contributed by atoms with Crippen LogP contribution in [0.4, 0.5) is 0 Å². The average molecular weight is 429 g/mol. The molecule has 0 saturated heterocycles. The van der Waals surface area contributed by atoms with Crippen LogP contribution >= 0.6 is 11.8 Å². The van der Waals surface area contributed by atoms with Crippen molar-refractivity contribution in [3.05, 3.63) is 60.7 Å². The predicted molar refractivity (Wildman–Crippen MR) is 105 cm³/mol. The lowest BCUT2D eigenvalue weighted by molar-refractivity contribution is -0.121. The maximum Gasteiger partial charge on any atom is 0.264 e. The quantitative estimate of drug-likeness (QED) is 0.628. The monoisotopic (exact) mass is 428 g/mol. The molecule has 7 nitrogen and oxygen atoms in total. The minimum Gasteiger partial charge on any atom is -0.272 e. The van der Waals surface area contributed by atoms with Gasteiger partial charge in [0.25, 0.3) is 15.9 Å². The van der Waals surface area contributed by atoms with E-state index in [1.54, 1.807) is 30.5 Å². The zero-order chi connectivity index (χ0) is 19.9. The van der Waals surface area contributed by atoms with Gasteiger partial charge in [0.05, 0.1) is 9.79 Å². The number of rotatable bonds is 9. The Kier molecular flexibility index (Phi) is 7.42. The fraction of sp³-hybridized carbons (Fsp3) is 0.235. The summed E-state index contributed by atoms with van der Waals surface area (Å²) in [5.74, 6) is -0.451. The van der Waals surface area contributed by atoms with Gasteiger partial charge in [-0.3, -0.25) is 4.79 Å². The highest BCUT2D eigenvalue weighted by atomic mass is 32.2. The Hall–Kier alpha value is -1.88. The van der Waals surface area contributed by atoms with Crippen LogP contribution < -0.4 is 9.44 Å². The van der Waals surface area contributed by atoms with Crippen LogP contribution in [0.1, 0.15) is 6.42 Å². The van der Waals surface area contributed by atoms with E-state index in [0.29, 0.717) is 5.75 Å². The molecule has 0 heterocycles. The fourth-order valence-corrected chi connectivity index (χ4v) is 4.96. The van der Waals surface area contributed by atoms with E-state index in [2.05, 4.69) is 4.72 Å². The number of thioether (sulfide) groups is 1. The smallest absolute Gasteiger partial charge is 0.264 e. The van der Waals surface area contributed by atoms with Gasteiger partial charge in [-0.05, 0) is 42.7 Å². The van der Waals surface area contributed by atoms with E-state index in [1.165, 1.54) is 48.2 Å². The number of carbonyl (C=O) groups is 1. The van der Waals surface area contributed by atoms with E-state index >= 15 is 0 Å². The normalized spacial score (nSPS) is 13.1. The molecule has 0 fully saturated rings. The van der Waals surface area contributed by atoms with E-state index in [0.717, 1.165) is 0 Å². The minimum atomic E-state index is -4.09. The molecule has 0 radical (unpaired) electrons. The van der Waals surface area contributed by atoms with Crippen molar-refractivity contribution in [2.75, 3.05) is 12.0 Å². The van der Waals surface area contributed by atoms with E-state index in [9.17, 15) is 21.6 Å². The Bertz CT molecular complexity index is 962. The highest BCUT2D eigenvalue weighted by Crippen LogP contribution is 2.12. The summed E-state index contributed by atoms with van der Waals surface area (Å²) in [4.78, 5) is 12.4. The largest absolute Gasteiger partial charge is 0.272 e. The Morgan fingerprint density at radius 3 is 1.85 bits per heavy atom. The Morgan fingerprint density at radius 2 is 1.37 bits per heavy atom. The third-order valence-electron chi connectivity index (χ3n) is 3.57. The molecule has 2 N–H and O–H groups in total. The average Bonchev–Trinajstić information content (AvgIpc) is 2.66. The third-order valence-corrected chi connectivity index (χ3v) is 7.06. The van der Waals surface area contributed by atoms with Crippen molar-refractivity contribution in [1.29, 1.82) is 0 Å². The van der Waals surface area contributed by atoms with E-state index in [4.69, 9.17) is 0 Å². The van der Waals surface area contributed by atoms with Gasteiger partial charge in [-0.2, -0.15) is 16.5 Å². The number of hydrogen-bond donors (Lipinski definition) is 2. The van der Waals surface area contributed by atoms with Crippen LogP contribution in [0.5, 0.6) is 0 Å². The van der Waals surface area contributed by atoms with Crippen LogP contribution in [0.3, 0.4) is 0 Å². The lowest BCUT2D eigenvalue weighted by atomic mass is 10.2. The zero-order valence-corrected chi connectivity index (χ0v) is 17.0. The third kappa shape index (κ3) is 6.06. The lowest BCUT2D eigenvalue weighted by Gasteiger charge is -2.18. The summed E-state index contributed by atoms with van der Waals surface area (Å²) < 4.78 is 53.9. The standard InChI is InChI=1S/C17H20N2O5S3/c1-25-13-12-16(18-26(21,22)14-8-4-2-5-9-14)17(20)19-27(23,24)15-10-6-3-7-11-15/h2-11,16,18H,12-13H2,1H3,(H,19,20)/t16-/m1/s1. The molecule has 2 aromatic rings. The van der Waals surface area contributed by atoms with Crippen molar-refractivity contribution in [2.24, 2.45) is 0 Å². The molecular formula is C17H20N2O5S3. The first kappa shape index (κ1) is 21.4. The molecule has 10 heteroatoms. The van der Waals surface area contributed by atoms with Gasteiger partial charge in [0.1, 0.15) is 6.04 Å². The van der Waals surface area contributed by atoms with Crippen molar-refractivity contribution < 1.29 is 21.6 Å². The zero-order valence-electron chi connectivity index (χ0n) is 14.5. The van der Waals surface area contributed by atoms with Crippen LogP contribution in [0.15, 0.2) is 70.5 Å². The van der Waals surface area contributed by atoms with Gasteiger partial charge in [-0.1, -0.05) is 36.4 Å². The predicted octanol–water partition coefficient (Wildman–Crippen LogP) is 1.59. The summed E-state index contributed by atoms with van der Waals surface area (Å²) >= 11 is 1.42. The van der Waals surface area contributed by atoms with Crippen molar-refractivity contribution in [2.45, 2.75) is 22.3 Å². The molecule has 0 saturated carbocycles. The first-order valence-corrected chi connectivity index (χ1v) is 12.3. The summed E-state index contributed by atoms with van der Waals surface area (Å²) in [6.45, 7) is 0. The van der Waals surface area contributed by atoms with Crippen molar-refractivity contribution in [3.63, 3.8) is 0 Å². The van der Waals surface area contributed by atoms with Gasteiger partial charge in [-0.15, -0.1) is 0 Å². The van der Waals surface area contributed by atoms with Gasteiger partial charge in [-0.25, -0.2) is 21.6 Å². The molecule has 0 spiro atoms. The topological polar surface area (TPSA) is 109 Å². The first-order chi connectivity index (χ1) is 12.8. The van der Waals surface area contributed by atoms with Gasteiger partial charge < -0.3 is 0 Å². The molecule has 0 aliphatic heterocycles. The molecule has 1 amide bonds. The van der Waals surface area contributed by atoms with Gasteiger partial charge in [0.15, 0.2) is 0 Å². The van der Waals surface area contributed by atoms with Crippen LogP contribution in [0.25, 0.3) is 0 Å². The Labute approximate surface area is 163 Å². The summed E-state index contributed by atoms with van der Waals surface area (Å²) in [5, 5.41) is 0. The van der Waals surface area contributed by atoms with E-state index in [-0.39, 0.29) is 16.2 Å². The van der Waals surface area contributed by atoms with E-state index < -0.39 is 32.0 Å². The molecule has 0 aliphatic rings. The number of amides is 1. The Morgan fingerprint density at radius 1 is 0.889 bits per heavy atom. The summed E-state index contributed by atoms with van der Waals surface area (Å²) in [5.41, 5.74) is 0. The number of hydrogen-bond acceptors (Lipinski definition) is 6. The van der Waals surface area contributed by atoms with Gasteiger partial charge >= 0.3 is 0 Å². The molecule has 27 heavy (non-hydrogen) atoms. The highest BCUT2D eigenvalue weighted by molar-refractivity contribution is 7.98. The molecule has 2 aromatic carbocycles. The first-order valence-electron chi connectivity index (χ1n) is 7.94. The molecule has 2 rings (SSSR count). The SMILES string of the molecule is CSCC[C@@H](NS(=O)(=O)c1ccccc1)C(=O)NS(=O)(=O)c1ccccc1. The maximum absolute atomic E-state index is 12.5. The van der Waals surface area contributed by atoms with Crippen molar-refractivity contribution >= 4 is 37.7 Å². The molecule has 146 valence electrons. The minimum absolute atomic E-state index is 0.00197. The highest BCUT2D eigenvalue weighted by Gasteiger charge is 2.28. The summed E-state index contributed by atoms with van der Waals surface area (Å²) in [7, 11) is -8.06. The molecule has 0 unspecified atom stereocenters. The van der Waals surface area contributed by atoms with E-state index in [1.807, 2.05) is 4.72 Å². The molecule has 0 aromatic heterocycles. The second-order valence-electron chi connectivity index (χ2n) is 5.55. The van der Waals surface area contributed by atoms with Gasteiger partial charge in [0, 0.05) is 0 Å². The molecule has 0 aliphatic carbocycles. The fourth-order valence-electron chi connectivity index (χ4n) is 2.20. The number of benzene rings is 2. The summed E-state index contributed by atoms with van der Waals surface area (Å²) in [6, 6.07) is 13.8. The molecule has 1 atom stereocenters. The second kappa shape index (κ2) is 9.36. The van der Waals surface area contributed by atoms with Crippen LogP contribution in [0.2, 0.25) is 0 Å². The van der Waals surface area contributed by atoms with Crippen molar-refractivity contribution in [1.82, 2.24) is 9.44 Å². The number of sulfonamides is 2. The van der Waals surface area contributed by atoms with Crippen LogP contribution in [-0.2, 0) is 24.8 Å². The lowest BCUT2D eigenvalue weighted by Crippen LogP contribution is -2.48. The van der Waals surface area contributed by atoms with Gasteiger partial charge in [0.2, 0.25) is 10.0 Å². The number of carbonyl (C=O) groups excluding carboxylic acids is 1.